The summed E-state index contributed by atoms with van der Waals surface area (Å²) in [7, 11) is 0. The van der Waals surface area contributed by atoms with Crippen molar-refractivity contribution in [3.63, 3.8) is 0 Å². The maximum absolute atomic E-state index is 13.2. The van der Waals surface area contributed by atoms with Crippen LogP contribution in [0.3, 0.4) is 0 Å². The molecule has 0 saturated carbocycles. The summed E-state index contributed by atoms with van der Waals surface area (Å²) in [6.07, 6.45) is -0.536. The molecule has 9 heteroatoms. The average molecular weight is 554 g/mol. The van der Waals surface area contributed by atoms with Crippen molar-refractivity contribution in [1.82, 2.24) is 4.90 Å². The second-order valence-corrected chi connectivity index (χ2v) is 9.04. The molecule has 40 heavy (non-hydrogen) atoms. The number of rotatable bonds is 17. The first kappa shape index (κ1) is 30.6. The Morgan fingerprint density at radius 2 is 1.52 bits per heavy atom. The third-order valence-corrected chi connectivity index (χ3v) is 5.98. The van der Waals surface area contributed by atoms with E-state index in [9.17, 15) is 19.1 Å². The number of nitrogens with zero attached hydrogens (tertiary/aromatic N) is 1. The van der Waals surface area contributed by atoms with E-state index in [1.807, 2.05) is 30.3 Å². The monoisotopic (exact) mass is 553 g/mol. The lowest BCUT2D eigenvalue weighted by Gasteiger charge is -2.22. The van der Waals surface area contributed by atoms with E-state index in [1.54, 1.807) is 48.2 Å². The number of hydrogen-bond donors (Lipinski definition) is 1. The molecule has 1 amide bonds. The van der Waals surface area contributed by atoms with Crippen LogP contribution in [-0.2, 0) is 38.6 Å². The Kier molecular flexibility index (Phi) is 12.9. The lowest BCUT2D eigenvalue weighted by molar-refractivity contribution is -0.149. The van der Waals surface area contributed by atoms with Crippen molar-refractivity contribution in [3.8, 4) is 5.75 Å². The fourth-order valence-corrected chi connectivity index (χ4v) is 3.86. The summed E-state index contributed by atoms with van der Waals surface area (Å²) in [5, 5.41) is 9.28. The van der Waals surface area contributed by atoms with Crippen LogP contribution in [0.25, 0.3) is 0 Å². The molecule has 0 spiro atoms. The Morgan fingerprint density at radius 3 is 2.20 bits per heavy atom. The van der Waals surface area contributed by atoms with Gasteiger partial charge >= 0.3 is 12.1 Å². The van der Waals surface area contributed by atoms with E-state index in [1.165, 1.54) is 12.1 Å². The summed E-state index contributed by atoms with van der Waals surface area (Å²) in [4.78, 5) is 25.7. The van der Waals surface area contributed by atoms with Crippen LogP contribution in [-0.4, -0.2) is 61.1 Å². The van der Waals surface area contributed by atoms with E-state index < -0.39 is 18.2 Å². The van der Waals surface area contributed by atoms with Gasteiger partial charge in [-0.3, -0.25) is 0 Å². The molecule has 0 heterocycles. The van der Waals surface area contributed by atoms with Gasteiger partial charge in [-0.25, -0.2) is 14.0 Å². The van der Waals surface area contributed by atoms with Gasteiger partial charge in [0.15, 0.2) is 6.10 Å². The number of hydrogen-bond acceptors (Lipinski definition) is 6. The standard InChI is InChI=1S/C31H36FNO7/c1-2-38-29(30(34)35)21-24-11-15-28(16-12-24)39-20-18-33(17-6-19-37-22-25-7-4-3-5-8-25)31(36)40-23-26-9-13-27(32)14-10-26/h3-5,7-16,29H,2,6,17-23H2,1H3,(H,34,35). The van der Waals surface area contributed by atoms with E-state index in [2.05, 4.69) is 0 Å². The highest BCUT2D eigenvalue weighted by atomic mass is 19.1. The lowest BCUT2D eigenvalue weighted by Crippen LogP contribution is -2.36. The summed E-state index contributed by atoms with van der Waals surface area (Å²) >= 11 is 0. The van der Waals surface area contributed by atoms with Crippen LogP contribution in [0.15, 0.2) is 78.9 Å². The van der Waals surface area contributed by atoms with Crippen LogP contribution < -0.4 is 4.74 Å². The van der Waals surface area contributed by atoms with Crippen molar-refractivity contribution in [2.75, 3.05) is 32.9 Å². The molecule has 1 unspecified atom stereocenters. The number of amides is 1. The highest BCUT2D eigenvalue weighted by Crippen LogP contribution is 2.15. The van der Waals surface area contributed by atoms with Crippen molar-refractivity contribution < 1.29 is 38.0 Å². The van der Waals surface area contributed by atoms with Gasteiger partial charge in [-0.05, 0) is 54.3 Å². The molecule has 214 valence electrons. The van der Waals surface area contributed by atoms with Gasteiger partial charge in [0.1, 0.15) is 24.8 Å². The molecule has 0 fully saturated rings. The smallest absolute Gasteiger partial charge is 0.410 e. The molecule has 3 aromatic rings. The molecule has 0 aliphatic rings. The van der Waals surface area contributed by atoms with Crippen LogP contribution in [0.5, 0.6) is 5.75 Å². The average Bonchev–Trinajstić information content (AvgIpc) is 2.96. The molecule has 0 aliphatic heterocycles. The van der Waals surface area contributed by atoms with E-state index in [0.29, 0.717) is 44.1 Å². The molecule has 1 N–H and O–H groups in total. The number of aliphatic carboxylic acids is 1. The third-order valence-electron chi connectivity index (χ3n) is 5.98. The maximum atomic E-state index is 13.2. The molecule has 0 radical (unpaired) electrons. The van der Waals surface area contributed by atoms with Gasteiger partial charge in [0, 0.05) is 26.2 Å². The first-order valence-electron chi connectivity index (χ1n) is 13.3. The van der Waals surface area contributed by atoms with Crippen LogP contribution in [0.4, 0.5) is 9.18 Å². The highest BCUT2D eigenvalue weighted by Gasteiger charge is 2.18. The molecule has 0 aliphatic carbocycles. The predicted molar refractivity (Wildman–Crippen MR) is 148 cm³/mol. The lowest BCUT2D eigenvalue weighted by atomic mass is 10.1. The quantitative estimate of drug-likeness (QED) is 0.221. The van der Waals surface area contributed by atoms with E-state index in [0.717, 1.165) is 11.1 Å². The van der Waals surface area contributed by atoms with E-state index in [4.69, 9.17) is 18.9 Å². The Morgan fingerprint density at radius 1 is 0.850 bits per heavy atom. The molecule has 0 bridgehead atoms. The summed E-state index contributed by atoms with van der Waals surface area (Å²) in [5.41, 5.74) is 2.58. The van der Waals surface area contributed by atoms with Crippen LogP contribution in [0.1, 0.15) is 30.0 Å². The minimum Gasteiger partial charge on any atom is -0.492 e. The van der Waals surface area contributed by atoms with Gasteiger partial charge in [0.25, 0.3) is 0 Å². The molecular weight excluding hydrogens is 517 g/mol. The number of carbonyl (C=O) groups is 2. The molecule has 0 saturated heterocycles. The molecule has 0 aromatic heterocycles. The van der Waals surface area contributed by atoms with Crippen LogP contribution in [0.2, 0.25) is 0 Å². The van der Waals surface area contributed by atoms with Crippen LogP contribution >= 0.6 is 0 Å². The minimum absolute atomic E-state index is 0.0293. The third kappa shape index (κ3) is 11.0. The Labute approximate surface area is 234 Å². The fraction of sp³-hybridized carbons (Fsp3) is 0.355. The zero-order valence-electron chi connectivity index (χ0n) is 22.7. The number of carboxylic acid groups (broad SMARTS) is 1. The Balaban J connectivity index is 1.49. The largest absolute Gasteiger partial charge is 0.492 e. The number of halogens is 1. The first-order chi connectivity index (χ1) is 19.4. The number of carbonyl (C=O) groups excluding carboxylic acids is 1. The Bertz CT molecular complexity index is 1160. The summed E-state index contributed by atoms with van der Waals surface area (Å²) in [5.74, 6) is -0.759. The topological polar surface area (TPSA) is 94.5 Å². The number of benzene rings is 3. The van der Waals surface area contributed by atoms with Crippen LogP contribution in [0, 0.1) is 5.82 Å². The van der Waals surface area contributed by atoms with Crippen molar-refractivity contribution in [1.29, 1.82) is 0 Å². The van der Waals surface area contributed by atoms with Crippen molar-refractivity contribution in [2.24, 2.45) is 0 Å². The van der Waals surface area contributed by atoms with Gasteiger partial charge in [-0.2, -0.15) is 0 Å². The molecular formula is C31H36FNO7. The van der Waals surface area contributed by atoms with Crippen molar-refractivity contribution in [2.45, 2.75) is 39.1 Å². The highest BCUT2D eigenvalue weighted by molar-refractivity contribution is 5.72. The maximum Gasteiger partial charge on any atom is 0.410 e. The number of carboxylic acids is 1. The van der Waals surface area contributed by atoms with Gasteiger partial charge in [0.05, 0.1) is 13.2 Å². The predicted octanol–water partition coefficient (Wildman–Crippen LogP) is 5.48. The number of ether oxygens (including phenoxy) is 4. The van der Waals surface area contributed by atoms with E-state index in [-0.39, 0.29) is 32.0 Å². The summed E-state index contributed by atoms with van der Waals surface area (Å²) in [6, 6.07) is 22.7. The van der Waals surface area contributed by atoms with Gasteiger partial charge in [-0.15, -0.1) is 0 Å². The summed E-state index contributed by atoms with van der Waals surface area (Å²) in [6.45, 7) is 3.99. The van der Waals surface area contributed by atoms with Crippen molar-refractivity contribution in [3.05, 3.63) is 101 Å². The van der Waals surface area contributed by atoms with Gasteiger partial charge in [0.2, 0.25) is 0 Å². The molecule has 1 atom stereocenters. The normalized spacial score (nSPS) is 11.6. The molecule has 8 nitrogen and oxygen atoms in total. The van der Waals surface area contributed by atoms with Gasteiger partial charge < -0.3 is 29.0 Å². The second-order valence-electron chi connectivity index (χ2n) is 9.04. The first-order valence-corrected chi connectivity index (χ1v) is 13.3. The van der Waals surface area contributed by atoms with Gasteiger partial charge in [-0.1, -0.05) is 54.6 Å². The van der Waals surface area contributed by atoms with E-state index >= 15 is 0 Å². The summed E-state index contributed by atoms with van der Waals surface area (Å²) < 4.78 is 35.5. The molecule has 3 aromatic carbocycles. The zero-order valence-corrected chi connectivity index (χ0v) is 22.7. The Hall–Kier alpha value is -3.95. The molecule has 3 rings (SSSR count). The minimum atomic E-state index is -1.00. The second kappa shape index (κ2) is 16.9. The zero-order chi connectivity index (χ0) is 28.6. The van der Waals surface area contributed by atoms with Crippen molar-refractivity contribution >= 4 is 12.1 Å². The fourth-order valence-electron chi connectivity index (χ4n) is 3.86. The SMILES string of the molecule is CCOC(Cc1ccc(OCCN(CCCOCc2ccccc2)C(=O)OCc2ccc(F)cc2)cc1)C(=O)O.